The Balaban J connectivity index is 1.45. The van der Waals surface area contributed by atoms with Gasteiger partial charge in [-0.2, -0.15) is 0 Å². The van der Waals surface area contributed by atoms with Gasteiger partial charge in [0.15, 0.2) is 10.8 Å². The van der Waals surface area contributed by atoms with Crippen LogP contribution in [0.3, 0.4) is 0 Å². The summed E-state index contributed by atoms with van der Waals surface area (Å²) < 4.78 is 25.5. The Hall–Kier alpha value is -2.18. The number of esters is 1. The van der Waals surface area contributed by atoms with Crippen LogP contribution in [0.5, 0.6) is 0 Å². The molecule has 4 heterocycles. The average molecular weight is 593 g/mol. The Morgan fingerprint density at radius 1 is 1.27 bits per heavy atom. The van der Waals surface area contributed by atoms with Gasteiger partial charge in [0.1, 0.15) is 11.9 Å². The van der Waals surface area contributed by atoms with Gasteiger partial charge in [-0.1, -0.05) is 22.0 Å². The number of benzene rings is 1. The lowest BCUT2D eigenvalue weighted by molar-refractivity contribution is -0.139. The first-order chi connectivity index (χ1) is 18.0. The van der Waals surface area contributed by atoms with Gasteiger partial charge in [0.05, 0.1) is 25.4 Å². The molecule has 198 valence electrons. The van der Waals surface area contributed by atoms with Crippen molar-refractivity contribution in [1.29, 1.82) is 0 Å². The van der Waals surface area contributed by atoms with Crippen LogP contribution in [0.15, 0.2) is 50.5 Å². The maximum absolute atomic E-state index is 13.9. The third-order valence-electron chi connectivity index (χ3n) is 7.01. The third kappa shape index (κ3) is 6.12. The summed E-state index contributed by atoms with van der Waals surface area (Å²) in [6.07, 6.45) is 3.87. The minimum Gasteiger partial charge on any atom is -0.463 e. The smallest absolute Gasteiger partial charge is 0.338 e. The number of likely N-dealkylation sites (tertiary alicyclic amines) is 1. The number of hydrogen-bond donors (Lipinski definition) is 1. The van der Waals surface area contributed by atoms with Crippen molar-refractivity contribution in [3.05, 3.63) is 61.9 Å². The van der Waals surface area contributed by atoms with Crippen LogP contribution in [0.4, 0.5) is 4.39 Å². The van der Waals surface area contributed by atoms with Crippen LogP contribution in [-0.2, 0) is 14.3 Å². The molecule has 0 spiro atoms. The number of halogens is 2. The Labute approximate surface area is 228 Å². The van der Waals surface area contributed by atoms with E-state index < -0.39 is 12.0 Å². The number of carbonyl (C=O) groups is 1. The number of carbonyl (C=O) groups excluding carboxylic acids is 1. The number of thiazole rings is 1. The van der Waals surface area contributed by atoms with E-state index >= 15 is 0 Å². The van der Waals surface area contributed by atoms with E-state index in [1.54, 1.807) is 19.2 Å². The normalized spacial score (nSPS) is 22.0. The van der Waals surface area contributed by atoms with Crippen LogP contribution in [-0.4, -0.2) is 85.2 Å². The van der Waals surface area contributed by atoms with Gasteiger partial charge in [0, 0.05) is 60.5 Å². The minimum atomic E-state index is -0.657. The van der Waals surface area contributed by atoms with Gasteiger partial charge < -0.3 is 14.8 Å². The van der Waals surface area contributed by atoms with Gasteiger partial charge in [0.25, 0.3) is 0 Å². The van der Waals surface area contributed by atoms with Gasteiger partial charge in [-0.05, 0) is 37.5 Å². The molecule has 1 N–H and O–H groups in total. The van der Waals surface area contributed by atoms with Gasteiger partial charge in [-0.15, -0.1) is 11.3 Å². The molecule has 2 saturated heterocycles. The molecule has 1 aromatic heterocycles. The number of nitrogens with zero attached hydrogens (tertiary/aromatic N) is 4. The minimum absolute atomic E-state index is 0.251. The van der Waals surface area contributed by atoms with Crippen LogP contribution in [0.2, 0.25) is 0 Å². The summed E-state index contributed by atoms with van der Waals surface area (Å²) in [4.78, 5) is 27.6. The van der Waals surface area contributed by atoms with Crippen molar-refractivity contribution in [2.24, 2.45) is 4.99 Å². The Morgan fingerprint density at radius 3 is 2.73 bits per heavy atom. The number of rotatable bonds is 7. The first kappa shape index (κ1) is 26.4. The Kier molecular flexibility index (Phi) is 8.66. The molecule has 0 aliphatic carbocycles. The van der Waals surface area contributed by atoms with Gasteiger partial charge in [0.2, 0.25) is 0 Å². The summed E-state index contributed by atoms with van der Waals surface area (Å²) in [5.41, 5.74) is 1.90. The number of morpholine rings is 1. The van der Waals surface area contributed by atoms with Crippen LogP contribution in [0, 0.1) is 5.82 Å². The third-order valence-corrected chi connectivity index (χ3v) is 8.48. The second-order valence-corrected chi connectivity index (χ2v) is 11.0. The van der Waals surface area contributed by atoms with Crippen molar-refractivity contribution in [2.75, 3.05) is 52.5 Å². The maximum Gasteiger partial charge on any atom is 0.338 e. The van der Waals surface area contributed by atoms with Gasteiger partial charge in [-0.3, -0.25) is 14.8 Å². The number of aliphatic imine (C=N–C) groups is 1. The first-order valence-electron chi connectivity index (χ1n) is 12.7. The van der Waals surface area contributed by atoms with E-state index in [-0.39, 0.29) is 12.4 Å². The fourth-order valence-electron chi connectivity index (χ4n) is 5.18. The summed E-state index contributed by atoms with van der Waals surface area (Å²) in [5.74, 6) is -0.183. The predicted molar refractivity (Wildman–Crippen MR) is 144 cm³/mol. The van der Waals surface area contributed by atoms with E-state index in [1.807, 2.05) is 5.38 Å². The van der Waals surface area contributed by atoms with Crippen molar-refractivity contribution in [1.82, 2.24) is 20.1 Å². The molecule has 11 heteroatoms. The van der Waals surface area contributed by atoms with E-state index in [2.05, 4.69) is 36.0 Å². The molecule has 8 nitrogen and oxygen atoms in total. The van der Waals surface area contributed by atoms with Gasteiger partial charge >= 0.3 is 5.97 Å². The zero-order valence-corrected chi connectivity index (χ0v) is 23.2. The van der Waals surface area contributed by atoms with E-state index in [0.29, 0.717) is 34.0 Å². The maximum atomic E-state index is 13.9. The Bertz CT molecular complexity index is 1160. The molecule has 1 unspecified atom stereocenters. The predicted octanol–water partition coefficient (Wildman–Crippen LogP) is 3.75. The summed E-state index contributed by atoms with van der Waals surface area (Å²) in [7, 11) is 0. The molecule has 1 atom stereocenters. The molecular weight excluding hydrogens is 561 g/mol. The highest BCUT2D eigenvalue weighted by molar-refractivity contribution is 9.10. The molecule has 2 aromatic rings. The highest BCUT2D eigenvalue weighted by atomic mass is 79.9. The lowest BCUT2D eigenvalue weighted by atomic mass is 9.94. The average Bonchev–Trinajstić information content (AvgIpc) is 3.45. The van der Waals surface area contributed by atoms with Crippen LogP contribution >= 0.6 is 27.3 Å². The SMILES string of the molecule is CCOC(=O)C1=C(CN2CCC(N3CCOCC3)CC2)NC(c2nccs2)=NC1c1ccc(F)cc1Br. The van der Waals surface area contributed by atoms with Crippen molar-refractivity contribution >= 4 is 39.1 Å². The molecule has 37 heavy (non-hydrogen) atoms. The summed E-state index contributed by atoms with van der Waals surface area (Å²) in [6.45, 7) is 8.05. The number of nitrogens with one attached hydrogen (secondary N) is 1. The molecular formula is C26H31BrFN5O3S. The monoisotopic (exact) mass is 591 g/mol. The quantitative estimate of drug-likeness (QED) is 0.491. The lowest BCUT2D eigenvalue weighted by Crippen LogP contribution is -2.50. The van der Waals surface area contributed by atoms with E-state index in [4.69, 9.17) is 14.5 Å². The molecule has 0 amide bonds. The standard InChI is InChI=1S/C26H31BrFN5O3S/c1-2-36-26(34)22-21(16-32-8-5-18(6-9-32)33-10-12-35-13-11-33)30-24(25-29-7-14-37-25)31-23(22)19-4-3-17(28)15-20(19)27/h3-4,7,14-15,18,23H,2,5-6,8-13,16H2,1H3,(H,30,31). The van der Waals surface area contributed by atoms with Crippen LogP contribution < -0.4 is 5.32 Å². The van der Waals surface area contributed by atoms with Gasteiger partial charge in [-0.25, -0.2) is 14.2 Å². The topological polar surface area (TPSA) is 79.3 Å². The molecule has 0 radical (unpaired) electrons. The fraction of sp³-hybridized carbons (Fsp3) is 0.500. The van der Waals surface area contributed by atoms with Crippen molar-refractivity contribution in [3.63, 3.8) is 0 Å². The summed E-state index contributed by atoms with van der Waals surface area (Å²) >= 11 is 4.96. The molecule has 1 aromatic carbocycles. The molecule has 3 aliphatic rings. The molecule has 0 saturated carbocycles. The van der Waals surface area contributed by atoms with E-state index in [9.17, 15) is 9.18 Å². The molecule has 0 bridgehead atoms. The number of amidine groups is 1. The zero-order chi connectivity index (χ0) is 25.8. The molecule has 5 rings (SSSR count). The Morgan fingerprint density at radius 2 is 2.05 bits per heavy atom. The highest BCUT2D eigenvalue weighted by Crippen LogP contribution is 2.37. The van der Waals surface area contributed by atoms with Crippen molar-refractivity contribution in [3.8, 4) is 0 Å². The number of ether oxygens (including phenoxy) is 2. The van der Waals surface area contributed by atoms with E-state index in [0.717, 1.165) is 62.9 Å². The van der Waals surface area contributed by atoms with Crippen LogP contribution in [0.25, 0.3) is 0 Å². The zero-order valence-electron chi connectivity index (χ0n) is 20.8. The largest absolute Gasteiger partial charge is 0.463 e. The number of aromatic nitrogens is 1. The number of hydrogen-bond acceptors (Lipinski definition) is 9. The molecule has 3 aliphatic heterocycles. The first-order valence-corrected chi connectivity index (χ1v) is 14.3. The van der Waals surface area contributed by atoms with Crippen LogP contribution in [0.1, 0.15) is 36.4 Å². The highest BCUT2D eigenvalue weighted by Gasteiger charge is 2.35. The second-order valence-electron chi connectivity index (χ2n) is 9.28. The van der Waals surface area contributed by atoms with Crippen molar-refractivity contribution in [2.45, 2.75) is 31.8 Å². The lowest BCUT2D eigenvalue weighted by Gasteiger charge is -2.40. The fourth-order valence-corrected chi connectivity index (χ4v) is 6.33. The van der Waals surface area contributed by atoms with Crippen molar-refractivity contribution < 1.29 is 18.7 Å². The summed E-state index contributed by atoms with van der Waals surface area (Å²) in [5, 5.41) is 6.04. The summed E-state index contributed by atoms with van der Waals surface area (Å²) in [6, 6.07) is 4.36. The molecule has 2 fully saturated rings. The number of piperidine rings is 1. The van der Waals surface area contributed by atoms with E-state index in [1.165, 1.54) is 23.5 Å². The second kappa shape index (κ2) is 12.1.